The summed E-state index contributed by atoms with van der Waals surface area (Å²) in [5.41, 5.74) is 7.26. The number of hydrogen-bond acceptors (Lipinski definition) is 1. The molecule has 0 saturated carbocycles. The number of hydrogen-bond donors (Lipinski definition) is 1. The van der Waals surface area contributed by atoms with Gasteiger partial charge in [0.05, 0.1) is 0 Å². The lowest BCUT2D eigenvalue weighted by Crippen LogP contribution is -2.24. The molecule has 0 saturated heterocycles. The van der Waals surface area contributed by atoms with Crippen LogP contribution in [-0.4, -0.2) is 12.5 Å². The van der Waals surface area contributed by atoms with Crippen molar-refractivity contribution in [3.05, 3.63) is 120 Å². The van der Waals surface area contributed by atoms with Crippen molar-refractivity contribution in [3.8, 4) is 22.3 Å². The molecule has 0 heterocycles. The molecule has 1 N–H and O–H groups in total. The van der Waals surface area contributed by atoms with Gasteiger partial charge in [-0.05, 0) is 70.1 Å². The Labute approximate surface area is 258 Å². The normalized spacial score (nSPS) is 11.0. The van der Waals surface area contributed by atoms with E-state index in [-0.39, 0.29) is 11.7 Å². The quantitative estimate of drug-likeness (QED) is 0.117. The summed E-state index contributed by atoms with van der Waals surface area (Å²) in [7, 11) is 0. The first kappa shape index (κ1) is 32.2. The van der Waals surface area contributed by atoms with Crippen LogP contribution in [-0.2, 0) is 13.1 Å². The van der Waals surface area contributed by atoms with E-state index < -0.39 is 0 Å². The first-order valence-electron chi connectivity index (χ1n) is 16.1. The van der Waals surface area contributed by atoms with Crippen LogP contribution in [0.4, 0.5) is 4.39 Å². The average molecular weight is 578 g/mol. The van der Waals surface area contributed by atoms with Crippen LogP contribution in [0.15, 0.2) is 97.1 Å². The van der Waals surface area contributed by atoms with Gasteiger partial charge in [0, 0.05) is 25.2 Å². The first-order valence-corrected chi connectivity index (χ1v) is 16.1. The zero-order valence-corrected chi connectivity index (χ0v) is 25.7. The van der Waals surface area contributed by atoms with Crippen LogP contribution in [0.2, 0.25) is 0 Å². The summed E-state index contributed by atoms with van der Waals surface area (Å²) in [4.78, 5) is 12.6. The van der Waals surface area contributed by atoms with Gasteiger partial charge in [-0.25, -0.2) is 9.71 Å². The third-order valence-electron chi connectivity index (χ3n) is 7.94. The zero-order valence-electron chi connectivity index (χ0n) is 25.7. The second-order valence-corrected chi connectivity index (χ2v) is 11.5. The minimum atomic E-state index is -0.227. The van der Waals surface area contributed by atoms with Gasteiger partial charge in [-0.1, -0.05) is 131 Å². The number of halogens is 1. The number of benzene rings is 4. The standard InChI is InChI=1S/C39H46FN2O/c1-2-3-4-5-6-7-8-9-10-11-27-42-39(43)36-21-19-34(20-22-36)33-17-15-31(16-18-33)29-41-30-32-13-12-14-37(28-32)35-23-25-38(40)26-24-35/h12-26,28H,2-11,27,29-30H2,1H3,(H,42,43). The second kappa shape index (κ2) is 18.0. The molecule has 0 spiro atoms. The maximum absolute atomic E-state index is 13.3. The van der Waals surface area contributed by atoms with E-state index in [4.69, 9.17) is 5.32 Å². The maximum Gasteiger partial charge on any atom is 0.251 e. The van der Waals surface area contributed by atoms with Gasteiger partial charge < -0.3 is 5.32 Å². The van der Waals surface area contributed by atoms with Gasteiger partial charge in [0.1, 0.15) is 5.82 Å². The molecule has 0 unspecified atom stereocenters. The third-order valence-corrected chi connectivity index (χ3v) is 7.94. The van der Waals surface area contributed by atoms with Crippen LogP contribution in [0.25, 0.3) is 22.3 Å². The molecule has 225 valence electrons. The summed E-state index contributed by atoms with van der Waals surface area (Å²) in [5, 5.41) is 7.82. The monoisotopic (exact) mass is 577 g/mol. The van der Waals surface area contributed by atoms with Crippen molar-refractivity contribution < 1.29 is 9.18 Å². The van der Waals surface area contributed by atoms with Crippen LogP contribution in [0.3, 0.4) is 0 Å². The molecule has 4 rings (SSSR count). The van der Waals surface area contributed by atoms with Crippen LogP contribution < -0.4 is 10.6 Å². The van der Waals surface area contributed by atoms with E-state index in [9.17, 15) is 9.18 Å². The molecular weight excluding hydrogens is 531 g/mol. The van der Waals surface area contributed by atoms with Crippen molar-refractivity contribution in [1.29, 1.82) is 0 Å². The summed E-state index contributed by atoms with van der Waals surface area (Å²) in [6.07, 6.45) is 12.9. The highest BCUT2D eigenvalue weighted by atomic mass is 19.1. The van der Waals surface area contributed by atoms with Gasteiger partial charge in [-0.2, -0.15) is 0 Å². The second-order valence-electron chi connectivity index (χ2n) is 11.5. The van der Waals surface area contributed by atoms with Crippen LogP contribution in [0.5, 0.6) is 0 Å². The number of carbonyl (C=O) groups is 1. The zero-order chi connectivity index (χ0) is 30.1. The van der Waals surface area contributed by atoms with Crippen molar-refractivity contribution in [2.24, 2.45) is 0 Å². The van der Waals surface area contributed by atoms with E-state index in [0.717, 1.165) is 46.3 Å². The average Bonchev–Trinajstić information content (AvgIpc) is 3.04. The summed E-state index contributed by atoms with van der Waals surface area (Å²) in [6, 6.07) is 31.1. The molecule has 0 aliphatic rings. The topological polar surface area (TPSA) is 43.2 Å². The SMILES string of the molecule is CCCCCCCCCCCCNC(=O)c1ccc(-c2ccc(C[N]Cc3cccc(-c4ccc(F)cc4)c3)cc2)cc1. The third kappa shape index (κ3) is 11.1. The lowest BCUT2D eigenvalue weighted by atomic mass is 10.0. The molecule has 1 amide bonds. The Morgan fingerprint density at radius 1 is 0.605 bits per heavy atom. The number of unbranched alkanes of at least 4 members (excludes halogenated alkanes) is 9. The minimum absolute atomic E-state index is 0.00244. The molecule has 4 aromatic rings. The lowest BCUT2D eigenvalue weighted by Gasteiger charge is -2.08. The summed E-state index contributed by atoms with van der Waals surface area (Å²) >= 11 is 0. The molecule has 3 nitrogen and oxygen atoms in total. The fraction of sp³-hybridized carbons (Fsp3) is 0.359. The molecule has 1 radical (unpaired) electrons. The Hall–Kier alpha value is -3.76. The molecule has 43 heavy (non-hydrogen) atoms. The summed E-state index contributed by atoms with van der Waals surface area (Å²) in [5.74, 6) is -0.224. The molecule has 0 aromatic heterocycles. The first-order chi connectivity index (χ1) is 21.1. The van der Waals surface area contributed by atoms with E-state index in [1.165, 1.54) is 69.9 Å². The van der Waals surface area contributed by atoms with Crippen LogP contribution in [0, 0.1) is 5.82 Å². The van der Waals surface area contributed by atoms with Gasteiger partial charge in [0.25, 0.3) is 5.91 Å². The molecule has 0 atom stereocenters. The summed E-state index contributed by atoms with van der Waals surface area (Å²) in [6.45, 7) is 4.26. The van der Waals surface area contributed by atoms with E-state index in [1.807, 2.05) is 36.4 Å². The lowest BCUT2D eigenvalue weighted by molar-refractivity contribution is 0.0953. The van der Waals surface area contributed by atoms with E-state index in [1.54, 1.807) is 12.1 Å². The number of rotatable bonds is 18. The molecule has 4 aromatic carbocycles. The molecule has 0 aliphatic heterocycles. The Morgan fingerprint density at radius 2 is 1.14 bits per heavy atom. The molecular formula is C39H46FN2O. The number of carbonyl (C=O) groups excluding carboxylic acids is 1. The van der Waals surface area contributed by atoms with Crippen molar-refractivity contribution in [2.75, 3.05) is 6.54 Å². The predicted octanol–water partition coefficient (Wildman–Crippen LogP) is 10.1. The Balaban J connectivity index is 1.14. The fourth-order valence-electron chi connectivity index (χ4n) is 5.34. The molecule has 0 aliphatic carbocycles. The minimum Gasteiger partial charge on any atom is -0.352 e. The fourth-order valence-corrected chi connectivity index (χ4v) is 5.34. The Kier molecular flexibility index (Phi) is 13.5. The van der Waals surface area contributed by atoms with Crippen molar-refractivity contribution >= 4 is 5.91 Å². The van der Waals surface area contributed by atoms with Crippen LogP contribution >= 0.6 is 0 Å². The summed E-state index contributed by atoms with van der Waals surface area (Å²) < 4.78 is 13.3. The number of nitrogens with one attached hydrogen (secondary N) is 1. The molecule has 0 fully saturated rings. The number of amides is 1. The molecule has 4 heteroatoms. The van der Waals surface area contributed by atoms with Gasteiger partial charge in [0.2, 0.25) is 0 Å². The van der Waals surface area contributed by atoms with Gasteiger partial charge in [-0.3, -0.25) is 4.79 Å². The van der Waals surface area contributed by atoms with E-state index in [2.05, 4.69) is 48.6 Å². The van der Waals surface area contributed by atoms with Crippen molar-refractivity contribution in [3.63, 3.8) is 0 Å². The van der Waals surface area contributed by atoms with E-state index in [0.29, 0.717) is 18.7 Å². The van der Waals surface area contributed by atoms with Gasteiger partial charge in [0.15, 0.2) is 0 Å². The highest BCUT2D eigenvalue weighted by molar-refractivity contribution is 5.94. The van der Waals surface area contributed by atoms with E-state index >= 15 is 0 Å². The maximum atomic E-state index is 13.3. The highest BCUT2D eigenvalue weighted by Crippen LogP contribution is 2.22. The van der Waals surface area contributed by atoms with Gasteiger partial charge in [-0.15, -0.1) is 0 Å². The van der Waals surface area contributed by atoms with Crippen LogP contribution in [0.1, 0.15) is 92.6 Å². The smallest absolute Gasteiger partial charge is 0.251 e. The molecule has 0 bridgehead atoms. The predicted molar refractivity (Wildman–Crippen MR) is 177 cm³/mol. The largest absolute Gasteiger partial charge is 0.352 e. The van der Waals surface area contributed by atoms with Gasteiger partial charge >= 0.3 is 0 Å². The van der Waals surface area contributed by atoms with Crippen molar-refractivity contribution in [2.45, 2.75) is 84.2 Å². The number of nitrogens with zero attached hydrogens (tertiary/aromatic N) is 1. The van der Waals surface area contributed by atoms with Crippen molar-refractivity contribution in [1.82, 2.24) is 10.6 Å². The Bertz CT molecular complexity index is 1360. The Morgan fingerprint density at radius 3 is 1.79 bits per heavy atom. The highest BCUT2D eigenvalue weighted by Gasteiger charge is 2.06.